The summed E-state index contributed by atoms with van der Waals surface area (Å²) in [6.07, 6.45) is 84.2. The summed E-state index contributed by atoms with van der Waals surface area (Å²) in [5.74, 6) is -0.0423. The van der Waals surface area contributed by atoms with E-state index in [9.17, 15) is 19.8 Å². The molecular formula is C71H137NO5. The number of hydrogen-bond donors (Lipinski definition) is 3. The van der Waals surface area contributed by atoms with E-state index in [1.54, 1.807) is 6.08 Å². The highest BCUT2D eigenvalue weighted by molar-refractivity contribution is 5.76. The van der Waals surface area contributed by atoms with Crippen LogP contribution in [-0.4, -0.2) is 47.4 Å². The van der Waals surface area contributed by atoms with Gasteiger partial charge < -0.3 is 20.3 Å². The van der Waals surface area contributed by atoms with Gasteiger partial charge in [-0.2, -0.15) is 0 Å². The Labute approximate surface area is 481 Å². The predicted octanol–water partition coefficient (Wildman–Crippen LogP) is 22.5. The number of aliphatic hydroxyl groups excluding tert-OH is 2. The number of esters is 1. The molecule has 0 saturated heterocycles. The van der Waals surface area contributed by atoms with Gasteiger partial charge in [0.15, 0.2) is 0 Å². The summed E-state index contributed by atoms with van der Waals surface area (Å²) < 4.78 is 5.51. The standard InChI is InChI=1S/C71H137NO5/c1-3-5-7-9-11-13-15-16-17-35-39-42-45-49-53-57-61-65-71(76)77-66-62-58-54-50-46-43-40-37-34-32-30-28-26-24-22-20-18-19-21-23-25-27-29-31-33-36-38-41-44-48-52-56-60-64-70(75)72-68(67-73)69(74)63-59-55-51-47-14-12-10-8-6-4-2/h22,24,59,63,68-69,73-74H,3-21,23,25-58,60-62,64-67H2,1-2H3,(H,72,75)/b24-22-,63-59+. The summed E-state index contributed by atoms with van der Waals surface area (Å²) in [6.45, 7) is 4.92. The summed E-state index contributed by atoms with van der Waals surface area (Å²) in [5, 5.41) is 23.0. The molecule has 6 heteroatoms. The van der Waals surface area contributed by atoms with Crippen LogP contribution in [-0.2, 0) is 14.3 Å². The lowest BCUT2D eigenvalue weighted by Crippen LogP contribution is -2.45. The Hall–Kier alpha value is -1.66. The minimum Gasteiger partial charge on any atom is -0.466 e. The van der Waals surface area contributed by atoms with Crippen molar-refractivity contribution in [3.05, 3.63) is 24.3 Å². The number of unbranched alkanes of at least 4 members (excludes halogenated alkanes) is 53. The maximum atomic E-state index is 12.4. The summed E-state index contributed by atoms with van der Waals surface area (Å²) in [7, 11) is 0. The van der Waals surface area contributed by atoms with Gasteiger partial charge in [0.2, 0.25) is 5.91 Å². The summed E-state index contributed by atoms with van der Waals surface area (Å²) >= 11 is 0. The molecule has 0 spiro atoms. The molecule has 0 rings (SSSR count). The predicted molar refractivity (Wildman–Crippen MR) is 338 cm³/mol. The van der Waals surface area contributed by atoms with Gasteiger partial charge in [0.1, 0.15) is 0 Å². The molecule has 2 atom stereocenters. The van der Waals surface area contributed by atoms with E-state index in [1.165, 1.54) is 327 Å². The van der Waals surface area contributed by atoms with Gasteiger partial charge in [0.25, 0.3) is 0 Å². The average Bonchev–Trinajstić information content (AvgIpc) is 3.43. The first-order valence-electron chi connectivity index (χ1n) is 35.1. The molecule has 0 bridgehead atoms. The SMILES string of the molecule is CCCCCCCCCC/C=C/C(O)C(CO)NC(=O)CCCCCCCCCCCCCCCCCCC/C=C\CCCCCCCCCCCCCCOC(=O)CCCCCCCCCCCCCCCCCCC. The van der Waals surface area contributed by atoms with Gasteiger partial charge in [0, 0.05) is 12.8 Å². The highest BCUT2D eigenvalue weighted by Crippen LogP contribution is 2.19. The molecule has 1 amide bonds. The maximum Gasteiger partial charge on any atom is 0.305 e. The fraction of sp³-hybridized carbons (Fsp3) is 0.915. The Bertz CT molecular complexity index is 1200. The van der Waals surface area contributed by atoms with Crippen molar-refractivity contribution in [3.8, 4) is 0 Å². The van der Waals surface area contributed by atoms with Gasteiger partial charge in [0.05, 0.1) is 25.4 Å². The maximum absolute atomic E-state index is 12.4. The molecule has 0 aromatic carbocycles. The molecule has 0 aliphatic heterocycles. The van der Waals surface area contributed by atoms with Crippen molar-refractivity contribution < 1.29 is 24.5 Å². The van der Waals surface area contributed by atoms with Crippen molar-refractivity contribution in [1.29, 1.82) is 0 Å². The van der Waals surface area contributed by atoms with Gasteiger partial charge in [-0.3, -0.25) is 9.59 Å². The summed E-state index contributed by atoms with van der Waals surface area (Å²) in [6, 6.07) is -0.623. The van der Waals surface area contributed by atoms with Crippen LogP contribution in [0.4, 0.5) is 0 Å². The molecule has 77 heavy (non-hydrogen) atoms. The molecule has 456 valence electrons. The van der Waals surface area contributed by atoms with E-state index in [0.717, 1.165) is 38.5 Å². The first kappa shape index (κ1) is 75.3. The van der Waals surface area contributed by atoms with Gasteiger partial charge in [-0.25, -0.2) is 0 Å². The van der Waals surface area contributed by atoms with E-state index in [1.807, 2.05) is 6.08 Å². The van der Waals surface area contributed by atoms with Crippen LogP contribution in [0, 0.1) is 0 Å². The number of ether oxygens (including phenoxy) is 1. The van der Waals surface area contributed by atoms with Crippen molar-refractivity contribution in [2.24, 2.45) is 0 Å². The van der Waals surface area contributed by atoms with Crippen LogP contribution in [0.1, 0.15) is 393 Å². The second kappa shape index (κ2) is 66.8. The van der Waals surface area contributed by atoms with Gasteiger partial charge in [-0.15, -0.1) is 0 Å². The number of aliphatic hydroxyl groups is 2. The Balaban J connectivity index is 3.32. The molecule has 0 fully saturated rings. The zero-order valence-corrected chi connectivity index (χ0v) is 52.2. The van der Waals surface area contributed by atoms with E-state index in [0.29, 0.717) is 19.4 Å². The van der Waals surface area contributed by atoms with Crippen LogP contribution in [0.25, 0.3) is 0 Å². The quantitative estimate of drug-likeness (QED) is 0.0320. The number of carbonyl (C=O) groups excluding carboxylic acids is 2. The summed E-state index contributed by atoms with van der Waals surface area (Å²) in [4.78, 5) is 24.5. The van der Waals surface area contributed by atoms with Crippen molar-refractivity contribution in [1.82, 2.24) is 5.32 Å². The van der Waals surface area contributed by atoms with Crippen LogP contribution >= 0.6 is 0 Å². The lowest BCUT2D eigenvalue weighted by atomic mass is 10.0. The number of hydrogen-bond acceptors (Lipinski definition) is 5. The zero-order valence-electron chi connectivity index (χ0n) is 52.2. The van der Waals surface area contributed by atoms with Gasteiger partial charge in [-0.1, -0.05) is 346 Å². The van der Waals surface area contributed by atoms with Crippen LogP contribution in [0.5, 0.6) is 0 Å². The second-order valence-corrected chi connectivity index (χ2v) is 24.2. The van der Waals surface area contributed by atoms with E-state index >= 15 is 0 Å². The normalized spacial score (nSPS) is 12.6. The van der Waals surface area contributed by atoms with Crippen LogP contribution in [0.15, 0.2) is 24.3 Å². The molecule has 0 aromatic heterocycles. The number of nitrogens with one attached hydrogen (secondary N) is 1. The Morgan fingerprint density at radius 1 is 0.351 bits per heavy atom. The molecule has 0 heterocycles. The molecule has 0 aromatic rings. The minimum absolute atomic E-state index is 0.0229. The first-order chi connectivity index (χ1) is 38.0. The molecule has 3 N–H and O–H groups in total. The number of amides is 1. The monoisotopic (exact) mass is 1080 g/mol. The lowest BCUT2D eigenvalue weighted by Gasteiger charge is -2.20. The minimum atomic E-state index is -0.840. The highest BCUT2D eigenvalue weighted by atomic mass is 16.5. The molecule has 0 saturated carbocycles. The smallest absolute Gasteiger partial charge is 0.305 e. The van der Waals surface area contributed by atoms with E-state index in [4.69, 9.17) is 4.74 Å². The third-order valence-corrected chi connectivity index (χ3v) is 16.5. The number of carbonyl (C=O) groups is 2. The molecular weight excluding hydrogens is 947 g/mol. The Morgan fingerprint density at radius 2 is 0.610 bits per heavy atom. The Morgan fingerprint density at radius 3 is 0.922 bits per heavy atom. The molecule has 0 radical (unpaired) electrons. The van der Waals surface area contributed by atoms with Crippen molar-refractivity contribution in [3.63, 3.8) is 0 Å². The van der Waals surface area contributed by atoms with E-state index < -0.39 is 12.1 Å². The largest absolute Gasteiger partial charge is 0.466 e. The molecule has 2 unspecified atom stereocenters. The molecule has 0 aliphatic carbocycles. The summed E-state index contributed by atoms with van der Waals surface area (Å²) in [5.41, 5.74) is 0. The first-order valence-corrected chi connectivity index (χ1v) is 35.1. The van der Waals surface area contributed by atoms with Crippen LogP contribution < -0.4 is 5.32 Å². The average molecular weight is 1080 g/mol. The molecule has 6 nitrogen and oxygen atoms in total. The fourth-order valence-corrected chi connectivity index (χ4v) is 11.1. The zero-order chi connectivity index (χ0) is 55.7. The van der Waals surface area contributed by atoms with Gasteiger partial charge in [-0.05, 0) is 57.8 Å². The van der Waals surface area contributed by atoms with Crippen molar-refractivity contribution >= 4 is 11.9 Å². The number of allylic oxidation sites excluding steroid dienone is 3. The van der Waals surface area contributed by atoms with Crippen LogP contribution in [0.3, 0.4) is 0 Å². The Kier molecular flexibility index (Phi) is 65.4. The van der Waals surface area contributed by atoms with Crippen LogP contribution in [0.2, 0.25) is 0 Å². The second-order valence-electron chi connectivity index (χ2n) is 24.2. The fourth-order valence-electron chi connectivity index (χ4n) is 11.1. The third-order valence-electron chi connectivity index (χ3n) is 16.5. The number of rotatable bonds is 66. The third kappa shape index (κ3) is 63.4. The topological polar surface area (TPSA) is 95.9 Å². The lowest BCUT2D eigenvalue weighted by molar-refractivity contribution is -0.143. The van der Waals surface area contributed by atoms with Crippen molar-refractivity contribution in [2.45, 2.75) is 405 Å². The molecule has 0 aliphatic rings. The highest BCUT2D eigenvalue weighted by Gasteiger charge is 2.18. The van der Waals surface area contributed by atoms with E-state index in [-0.39, 0.29) is 18.5 Å². The van der Waals surface area contributed by atoms with Gasteiger partial charge >= 0.3 is 5.97 Å². The van der Waals surface area contributed by atoms with E-state index in [2.05, 4.69) is 31.3 Å². The van der Waals surface area contributed by atoms with Crippen molar-refractivity contribution in [2.75, 3.05) is 13.2 Å².